The number of nitriles is 1. The van der Waals surface area contributed by atoms with E-state index in [1.807, 2.05) is 11.3 Å². The molecule has 0 saturated carbocycles. The molecule has 1 aliphatic rings. The molecular formula is C12H10ClN3S2. The van der Waals surface area contributed by atoms with E-state index < -0.39 is 0 Å². The van der Waals surface area contributed by atoms with E-state index in [-0.39, 0.29) is 0 Å². The molecule has 0 fully saturated rings. The highest BCUT2D eigenvalue weighted by Crippen LogP contribution is 2.37. The minimum absolute atomic E-state index is 0.298. The Bertz CT molecular complexity index is 611. The number of nitrogens with one attached hydrogen (secondary N) is 1. The molecule has 1 aliphatic carbocycles. The van der Waals surface area contributed by atoms with Crippen LogP contribution in [0.5, 0.6) is 0 Å². The highest BCUT2D eigenvalue weighted by molar-refractivity contribution is 7.16. The van der Waals surface area contributed by atoms with E-state index in [4.69, 9.17) is 16.9 Å². The first-order valence-corrected chi connectivity index (χ1v) is 7.74. The second-order valence-electron chi connectivity index (χ2n) is 4.14. The lowest BCUT2D eigenvalue weighted by Crippen LogP contribution is -2.15. The van der Waals surface area contributed by atoms with Gasteiger partial charge < -0.3 is 5.32 Å². The number of hydrogen-bond acceptors (Lipinski definition) is 5. The van der Waals surface area contributed by atoms with Gasteiger partial charge in [0.25, 0.3) is 0 Å². The van der Waals surface area contributed by atoms with E-state index in [2.05, 4.69) is 27.8 Å². The zero-order valence-corrected chi connectivity index (χ0v) is 11.8. The van der Waals surface area contributed by atoms with Crippen molar-refractivity contribution in [1.29, 1.82) is 5.26 Å². The van der Waals surface area contributed by atoms with Crippen LogP contribution in [0.3, 0.4) is 0 Å². The minimum atomic E-state index is 0.298. The molecule has 18 heavy (non-hydrogen) atoms. The molecule has 3 nitrogen and oxygen atoms in total. The van der Waals surface area contributed by atoms with Crippen molar-refractivity contribution < 1.29 is 0 Å². The summed E-state index contributed by atoms with van der Waals surface area (Å²) in [6.07, 6.45) is 3.46. The van der Waals surface area contributed by atoms with E-state index >= 15 is 0 Å². The number of thiazole rings is 1. The maximum Gasteiger partial charge on any atom is 0.185 e. The van der Waals surface area contributed by atoms with Gasteiger partial charge in [-0.3, -0.25) is 0 Å². The van der Waals surface area contributed by atoms with Crippen LogP contribution < -0.4 is 5.32 Å². The second-order valence-corrected chi connectivity index (χ2v) is 6.50. The van der Waals surface area contributed by atoms with E-state index in [9.17, 15) is 0 Å². The van der Waals surface area contributed by atoms with Crippen molar-refractivity contribution in [3.8, 4) is 6.07 Å². The Morgan fingerprint density at radius 1 is 1.56 bits per heavy atom. The molecule has 1 atom stereocenters. The fourth-order valence-electron chi connectivity index (χ4n) is 2.22. The third-order valence-corrected chi connectivity index (χ3v) is 5.31. The van der Waals surface area contributed by atoms with Gasteiger partial charge in [0.15, 0.2) is 10.3 Å². The highest BCUT2D eigenvalue weighted by atomic mass is 35.5. The highest BCUT2D eigenvalue weighted by Gasteiger charge is 2.22. The largest absolute Gasteiger partial charge is 0.355 e. The lowest BCUT2D eigenvalue weighted by Gasteiger charge is -2.23. The Kier molecular flexibility index (Phi) is 3.25. The summed E-state index contributed by atoms with van der Waals surface area (Å²) in [5.41, 5.74) is 1.37. The third-order valence-electron chi connectivity index (χ3n) is 3.04. The van der Waals surface area contributed by atoms with Gasteiger partial charge in [-0.1, -0.05) is 22.9 Å². The lowest BCUT2D eigenvalue weighted by atomic mass is 9.94. The SMILES string of the molecule is N#Cc1sc(NC2CCCc3sccc32)nc1Cl. The molecule has 2 heterocycles. The summed E-state index contributed by atoms with van der Waals surface area (Å²) in [6.45, 7) is 0. The Labute approximate surface area is 118 Å². The molecule has 0 radical (unpaired) electrons. The summed E-state index contributed by atoms with van der Waals surface area (Å²) < 4.78 is 0. The molecule has 0 saturated heterocycles. The molecule has 0 aromatic carbocycles. The normalized spacial score (nSPS) is 18.1. The van der Waals surface area contributed by atoms with E-state index in [1.165, 1.54) is 34.6 Å². The lowest BCUT2D eigenvalue weighted by molar-refractivity contribution is 0.608. The molecule has 3 rings (SSSR count). The maximum absolute atomic E-state index is 8.87. The predicted molar refractivity (Wildman–Crippen MR) is 75.5 cm³/mol. The average Bonchev–Trinajstić information content (AvgIpc) is 2.96. The molecule has 0 amide bonds. The van der Waals surface area contributed by atoms with Gasteiger partial charge >= 0.3 is 0 Å². The van der Waals surface area contributed by atoms with E-state index in [0.717, 1.165) is 11.6 Å². The van der Waals surface area contributed by atoms with E-state index in [0.29, 0.717) is 16.1 Å². The molecule has 0 bridgehead atoms. The van der Waals surface area contributed by atoms with Crippen molar-refractivity contribution in [1.82, 2.24) is 4.98 Å². The maximum atomic E-state index is 8.87. The topological polar surface area (TPSA) is 48.7 Å². The second kappa shape index (κ2) is 4.88. The molecule has 2 aromatic rings. The molecule has 1 unspecified atom stereocenters. The van der Waals surface area contributed by atoms with Crippen LogP contribution in [-0.2, 0) is 6.42 Å². The summed E-state index contributed by atoms with van der Waals surface area (Å²) >= 11 is 9.02. The van der Waals surface area contributed by atoms with Crippen molar-refractivity contribution in [3.05, 3.63) is 31.9 Å². The summed E-state index contributed by atoms with van der Waals surface area (Å²) in [7, 11) is 0. The first-order chi connectivity index (χ1) is 8.78. The number of rotatable bonds is 2. The summed E-state index contributed by atoms with van der Waals surface area (Å²) in [5.74, 6) is 0. The van der Waals surface area contributed by atoms with Gasteiger partial charge in [0.05, 0.1) is 6.04 Å². The summed E-state index contributed by atoms with van der Waals surface area (Å²) in [5, 5.41) is 15.4. The number of halogens is 1. The van der Waals surface area contributed by atoms with Gasteiger partial charge in [0.2, 0.25) is 0 Å². The van der Waals surface area contributed by atoms with Crippen LogP contribution in [0.4, 0.5) is 5.13 Å². The number of hydrogen-bond donors (Lipinski definition) is 1. The number of aryl methyl sites for hydroxylation is 1. The van der Waals surface area contributed by atoms with Crippen molar-refractivity contribution in [2.75, 3.05) is 5.32 Å². The Hall–Kier alpha value is -1.09. The van der Waals surface area contributed by atoms with Crippen LogP contribution in [-0.4, -0.2) is 4.98 Å². The zero-order chi connectivity index (χ0) is 12.5. The standard InChI is InChI=1S/C12H10ClN3S2/c13-11-10(6-14)18-12(16-11)15-8-2-1-3-9-7(8)4-5-17-9/h4-5,8H,1-3H2,(H,15,16). The molecule has 2 aromatic heterocycles. The Balaban J connectivity index is 1.84. The number of nitrogens with zero attached hydrogens (tertiary/aromatic N) is 2. The Morgan fingerprint density at radius 2 is 2.44 bits per heavy atom. The van der Waals surface area contributed by atoms with Crippen LogP contribution >= 0.6 is 34.3 Å². The van der Waals surface area contributed by atoms with Gasteiger partial charge in [0.1, 0.15) is 10.9 Å². The number of thiophene rings is 1. The molecule has 6 heteroatoms. The molecule has 92 valence electrons. The first kappa shape index (κ1) is 12.0. The van der Waals surface area contributed by atoms with Gasteiger partial charge in [-0.15, -0.1) is 11.3 Å². The minimum Gasteiger partial charge on any atom is -0.355 e. The molecule has 1 N–H and O–H groups in total. The third kappa shape index (κ3) is 2.12. The molecule has 0 spiro atoms. The van der Waals surface area contributed by atoms with Crippen LogP contribution in [0.15, 0.2) is 11.4 Å². The fourth-order valence-corrected chi connectivity index (χ4v) is 4.20. The average molecular weight is 296 g/mol. The monoisotopic (exact) mass is 295 g/mol. The predicted octanol–water partition coefficient (Wildman–Crippen LogP) is 4.22. The van der Waals surface area contributed by atoms with E-state index in [1.54, 1.807) is 0 Å². The van der Waals surface area contributed by atoms with Crippen molar-refractivity contribution in [3.63, 3.8) is 0 Å². The summed E-state index contributed by atoms with van der Waals surface area (Å²) in [4.78, 5) is 6.12. The number of anilines is 1. The first-order valence-electron chi connectivity index (χ1n) is 5.67. The van der Waals surface area contributed by atoms with Crippen LogP contribution in [0.25, 0.3) is 0 Å². The van der Waals surface area contributed by atoms with Gasteiger partial charge in [-0.05, 0) is 36.3 Å². The van der Waals surface area contributed by atoms with Crippen LogP contribution in [0, 0.1) is 11.3 Å². The number of aromatic nitrogens is 1. The van der Waals surface area contributed by atoms with Crippen molar-refractivity contribution in [2.45, 2.75) is 25.3 Å². The number of fused-ring (bicyclic) bond motifs is 1. The zero-order valence-electron chi connectivity index (χ0n) is 9.44. The van der Waals surface area contributed by atoms with Crippen LogP contribution in [0.1, 0.15) is 34.2 Å². The fraction of sp³-hybridized carbons (Fsp3) is 0.333. The molecular weight excluding hydrogens is 286 g/mol. The van der Waals surface area contributed by atoms with Crippen LogP contribution in [0.2, 0.25) is 5.15 Å². The van der Waals surface area contributed by atoms with Gasteiger partial charge in [-0.2, -0.15) is 5.26 Å². The summed E-state index contributed by atoms with van der Waals surface area (Å²) in [6, 6.07) is 4.53. The van der Waals surface area contributed by atoms with Gasteiger partial charge in [-0.25, -0.2) is 4.98 Å². The smallest absolute Gasteiger partial charge is 0.185 e. The van der Waals surface area contributed by atoms with Crippen molar-refractivity contribution >= 4 is 39.4 Å². The van der Waals surface area contributed by atoms with Gasteiger partial charge in [0, 0.05) is 4.88 Å². The Morgan fingerprint density at radius 3 is 3.22 bits per heavy atom. The quantitative estimate of drug-likeness (QED) is 0.902. The van der Waals surface area contributed by atoms with Crippen molar-refractivity contribution in [2.24, 2.45) is 0 Å². The molecule has 0 aliphatic heterocycles.